The van der Waals surface area contributed by atoms with E-state index in [-0.39, 0.29) is 30.2 Å². The summed E-state index contributed by atoms with van der Waals surface area (Å²) in [4.78, 5) is 30.8. The van der Waals surface area contributed by atoms with Gasteiger partial charge in [-0.15, -0.1) is 11.3 Å². The van der Waals surface area contributed by atoms with E-state index in [0.717, 1.165) is 35.3 Å². The first-order valence-electron chi connectivity index (χ1n) is 11.7. The van der Waals surface area contributed by atoms with Crippen LogP contribution in [0.1, 0.15) is 75.3 Å². The summed E-state index contributed by atoms with van der Waals surface area (Å²) in [7, 11) is 0. The van der Waals surface area contributed by atoms with Crippen molar-refractivity contribution in [3.8, 4) is 0 Å². The third kappa shape index (κ3) is 8.38. The van der Waals surface area contributed by atoms with Crippen LogP contribution in [0.15, 0.2) is 35.7 Å². The van der Waals surface area contributed by atoms with E-state index in [2.05, 4.69) is 6.92 Å². The summed E-state index contributed by atoms with van der Waals surface area (Å²) in [5, 5.41) is 2.02. The average molecular weight is 461 g/mol. The zero-order valence-corrected chi connectivity index (χ0v) is 20.7. The third-order valence-electron chi connectivity index (χ3n) is 5.69. The molecule has 0 spiro atoms. The van der Waals surface area contributed by atoms with Crippen molar-refractivity contribution >= 4 is 23.2 Å². The van der Waals surface area contributed by atoms with Crippen LogP contribution in [-0.2, 0) is 22.7 Å². The number of halogens is 1. The fraction of sp³-hybridized carbons (Fsp3) is 0.538. The van der Waals surface area contributed by atoms with Crippen molar-refractivity contribution < 1.29 is 14.0 Å². The van der Waals surface area contributed by atoms with E-state index in [1.807, 2.05) is 32.2 Å². The van der Waals surface area contributed by atoms with Crippen molar-refractivity contribution in [1.29, 1.82) is 0 Å². The second-order valence-corrected chi connectivity index (χ2v) is 9.68. The predicted octanol–water partition coefficient (Wildman–Crippen LogP) is 6.32. The van der Waals surface area contributed by atoms with E-state index in [9.17, 15) is 14.0 Å². The molecule has 0 atom stereocenters. The number of carbonyl (C=O) groups excluding carboxylic acids is 2. The molecule has 1 aromatic heterocycles. The number of amides is 2. The molecule has 0 fully saturated rings. The van der Waals surface area contributed by atoms with Crippen LogP contribution in [0.4, 0.5) is 4.39 Å². The van der Waals surface area contributed by atoms with Crippen molar-refractivity contribution in [2.75, 3.05) is 6.54 Å². The maximum Gasteiger partial charge on any atom is 0.242 e. The molecule has 1 heterocycles. The van der Waals surface area contributed by atoms with Crippen LogP contribution in [0, 0.1) is 12.7 Å². The molecular weight excluding hydrogens is 423 g/mol. The van der Waals surface area contributed by atoms with Crippen LogP contribution in [0.2, 0.25) is 0 Å². The van der Waals surface area contributed by atoms with Gasteiger partial charge in [0, 0.05) is 23.9 Å². The second kappa shape index (κ2) is 13.4. The highest BCUT2D eigenvalue weighted by Gasteiger charge is 2.24. The number of rotatable bonds is 13. The minimum atomic E-state index is -0.295. The first-order chi connectivity index (χ1) is 15.3. The molecule has 6 heteroatoms. The topological polar surface area (TPSA) is 40.6 Å². The zero-order valence-electron chi connectivity index (χ0n) is 19.9. The smallest absolute Gasteiger partial charge is 0.242 e. The van der Waals surface area contributed by atoms with Crippen molar-refractivity contribution in [1.82, 2.24) is 9.80 Å². The molecule has 0 aliphatic carbocycles. The van der Waals surface area contributed by atoms with Crippen molar-refractivity contribution in [3.63, 3.8) is 0 Å². The van der Waals surface area contributed by atoms with Gasteiger partial charge >= 0.3 is 0 Å². The first-order valence-corrected chi connectivity index (χ1v) is 12.5. The number of nitrogens with zero attached hydrogens (tertiary/aromatic N) is 2. The van der Waals surface area contributed by atoms with Crippen LogP contribution in [0.5, 0.6) is 0 Å². The number of hydrogen-bond donors (Lipinski definition) is 0. The highest BCUT2D eigenvalue weighted by Crippen LogP contribution is 2.20. The summed E-state index contributed by atoms with van der Waals surface area (Å²) >= 11 is 1.62. The van der Waals surface area contributed by atoms with Gasteiger partial charge in [-0.25, -0.2) is 4.39 Å². The molecule has 2 aromatic rings. The molecule has 176 valence electrons. The van der Waals surface area contributed by atoms with Gasteiger partial charge in [0.05, 0.1) is 13.1 Å². The van der Waals surface area contributed by atoms with Crippen LogP contribution in [-0.4, -0.2) is 34.2 Å². The number of aryl methyl sites for hydroxylation is 1. The Labute approximate surface area is 196 Å². The SMILES string of the molecule is CCCCCCCC(=O)N(CC(=O)N(Cc1ccc(F)cc1)Cc1sccc1C)C(C)C. The van der Waals surface area contributed by atoms with Gasteiger partial charge in [-0.05, 0) is 61.9 Å². The van der Waals surface area contributed by atoms with Gasteiger partial charge in [0.2, 0.25) is 11.8 Å². The summed E-state index contributed by atoms with van der Waals surface area (Å²) in [5.74, 6) is -0.342. The second-order valence-electron chi connectivity index (χ2n) is 8.68. The van der Waals surface area contributed by atoms with Crippen LogP contribution in [0.25, 0.3) is 0 Å². The van der Waals surface area contributed by atoms with Gasteiger partial charge < -0.3 is 9.80 Å². The molecule has 0 saturated heterocycles. The monoisotopic (exact) mass is 460 g/mol. The summed E-state index contributed by atoms with van der Waals surface area (Å²) in [6, 6.07) is 8.24. The predicted molar refractivity (Wildman–Crippen MR) is 130 cm³/mol. The molecule has 0 aliphatic heterocycles. The highest BCUT2D eigenvalue weighted by molar-refractivity contribution is 7.10. The maximum absolute atomic E-state index is 13.3. The molecule has 0 unspecified atom stereocenters. The molecule has 1 aromatic carbocycles. The molecule has 32 heavy (non-hydrogen) atoms. The molecule has 4 nitrogen and oxygen atoms in total. The Kier molecular flexibility index (Phi) is 10.9. The third-order valence-corrected chi connectivity index (χ3v) is 6.69. The molecule has 0 bridgehead atoms. The van der Waals surface area contributed by atoms with Crippen LogP contribution < -0.4 is 0 Å². The fourth-order valence-corrected chi connectivity index (χ4v) is 4.53. The zero-order chi connectivity index (χ0) is 23.5. The van der Waals surface area contributed by atoms with Crippen LogP contribution in [0.3, 0.4) is 0 Å². The molecule has 0 saturated carbocycles. The Morgan fingerprint density at radius 2 is 1.66 bits per heavy atom. The van der Waals surface area contributed by atoms with Gasteiger partial charge in [-0.1, -0.05) is 44.7 Å². The Morgan fingerprint density at radius 1 is 0.969 bits per heavy atom. The highest BCUT2D eigenvalue weighted by atomic mass is 32.1. The lowest BCUT2D eigenvalue weighted by Gasteiger charge is -2.30. The van der Waals surface area contributed by atoms with E-state index in [0.29, 0.717) is 19.5 Å². The molecule has 0 N–H and O–H groups in total. The number of benzene rings is 1. The lowest BCUT2D eigenvalue weighted by molar-refractivity contribution is -0.142. The minimum Gasteiger partial charge on any atom is -0.332 e. The Balaban J connectivity index is 2.08. The molecule has 0 radical (unpaired) electrons. The number of hydrogen-bond acceptors (Lipinski definition) is 3. The quantitative estimate of drug-likeness (QED) is 0.328. The molecule has 2 amide bonds. The molecule has 2 rings (SSSR count). The lowest BCUT2D eigenvalue weighted by Crippen LogP contribution is -2.45. The maximum atomic E-state index is 13.3. The molecular formula is C26H37FN2O2S. The summed E-state index contributed by atoms with van der Waals surface area (Å²) in [6.07, 6.45) is 5.92. The minimum absolute atomic E-state index is 0.0406. The van der Waals surface area contributed by atoms with E-state index >= 15 is 0 Å². The van der Waals surface area contributed by atoms with E-state index in [1.165, 1.54) is 25.0 Å². The normalized spacial score (nSPS) is 11.1. The largest absolute Gasteiger partial charge is 0.332 e. The van der Waals surface area contributed by atoms with Crippen molar-refractivity contribution in [2.45, 2.75) is 85.4 Å². The van der Waals surface area contributed by atoms with Crippen molar-refractivity contribution in [2.24, 2.45) is 0 Å². The number of unbranched alkanes of at least 4 members (excludes halogenated alkanes) is 4. The van der Waals surface area contributed by atoms with Gasteiger partial charge in [-0.3, -0.25) is 9.59 Å². The Morgan fingerprint density at radius 3 is 2.25 bits per heavy atom. The summed E-state index contributed by atoms with van der Waals surface area (Å²) < 4.78 is 13.3. The standard InChI is InChI=1S/C26H37FN2O2S/c1-5-6-7-8-9-10-25(30)29(20(2)3)19-26(31)28(18-24-21(4)15-16-32-24)17-22-11-13-23(27)14-12-22/h11-16,20H,5-10,17-19H2,1-4H3. The van der Waals surface area contributed by atoms with E-state index < -0.39 is 0 Å². The van der Waals surface area contributed by atoms with E-state index in [1.54, 1.807) is 33.3 Å². The van der Waals surface area contributed by atoms with Crippen molar-refractivity contribution in [3.05, 3.63) is 57.5 Å². The summed E-state index contributed by atoms with van der Waals surface area (Å²) in [5.41, 5.74) is 2.02. The first kappa shape index (κ1) is 26.0. The lowest BCUT2D eigenvalue weighted by atomic mass is 10.1. The van der Waals surface area contributed by atoms with Gasteiger partial charge in [0.25, 0.3) is 0 Å². The fourth-order valence-electron chi connectivity index (χ4n) is 3.61. The van der Waals surface area contributed by atoms with Crippen LogP contribution >= 0.6 is 11.3 Å². The molecule has 0 aliphatic rings. The van der Waals surface area contributed by atoms with Gasteiger partial charge in [0.15, 0.2) is 0 Å². The van der Waals surface area contributed by atoms with E-state index in [4.69, 9.17) is 0 Å². The Hall–Kier alpha value is -2.21. The number of thiophene rings is 1. The Bertz CT molecular complexity index is 848. The van der Waals surface area contributed by atoms with Gasteiger partial charge in [0.1, 0.15) is 5.82 Å². The average Bonchev–Trinajstić information content (AvgIpc) is 3.16. The van der Waals surface area contributed by atoms with Gasteiger partial charge in [-0.2, -0.15) is 0 Å². The summed E-state index contributed by atoms with van der Waals surface area (Å²) in [6.45, 7) is 9.05. The number of carbonyl (C=O) groups is 2.